The first-order valence-corrected chi connectivity index (χ1v) is 7.51. The molecule has 0 radical (unpaired) electrons. The molecule has 1 aliphatic carbocycles. The summed E-state index contributed by atoms with van der Waals surface area (Å²) in [5.74, 6) is 0.842. The molecule has 1 aromatic heterocycles. The molecular formula is C15H27N3. The van der Waals surface area contributed by atoms with E-state index in [1.165, 1.54) is 37.1 Å². The summed E-state index contributed by atoms with van der Waals surface area (Å²) in [6, 6.07) is 2.85. The lowest BCUT2D eigenvalue weighted by Crippen LogP contribution is -2.37. The predicted octanol–water partition coefficient (Wildman–Crippen LogP) is 2.79. The van der Waals surface area contributed by atoms with E-state index in [9.17, 15) is 0 Å². The van der Waals surface area contributed by atoms with E-state index in [0.717, 1.165) is 25.3 Å². The molecule has 0 spiro atoms. The Morgan fingerprint density at radius 3 is 2.61 bits per heavy atom. The van der Waals surface area contributed by atoms with Crippen LogP contribution in [0.2, 0.25) is 0 Å². The van der Waals surface area contributed by atoms with Crippen LogP contribution in [-0.2, 0) is 19.4 Å². The summed E-state index contributed by atoms with van der Waals surface area (Å²) in [6.45, 7) is 5.43. The lowest BCUT2D eigenvalue weighted by atomic mass is 9.98. The molecule has 3 nitrogen and oxygen atoms in total. The highest BCUT2D eigenvalue weighted by molar-refractivity contribution is 5.10. The van der Waals surface area contributed by atoms with E-state index >= 15 is 0 Å². The van der Waals surface area contributed by atoms with Crippen molar-refractivity contribution in [1.29, 1.82) is 0 Å². The summed E-state index contributed by atoms with van der Waals surface area (Å²) in [4.78, 5) is 0. The molecule has 1 atom stereocenters. The molecule has 0 amide bonds. The topological polar surface area (TPSA) is 29.9 Å². The zero-order valence-corrected chi connectivity index (χ0v) is 12.1. The van der Waals surface area contributed by atoms with Crippen molar-refractivity contribution in [3.8, 4) is 0 Å². The van der Waals surface area contributed by atoms with Crippen LogP contribution in [0.25, 0.3) is 0 Å². The van der Waals surface area contributed by atoms with Crippen LogP contribution in [0.5, 0.6) is 0 Å². The van der Waals surface area contributed by atoms with Gasteiger partial charge in [-0.2, -0.15) is 5.10 Å². The molecule has 102 valence electrons. The van der Waals surface area contributed by atoms with E-state index in [1.807, 2.05) is 0 Å². The van der Waals surface area contributed by atoms with Crippen molar-refractivity contribution in [2.24, 2.45) is 5.92 Å². The van der Waals surface area contributed by atoms with Gasteiger partial charge in [-0.25, -0.2) is 0 Å². The Hall–Kier alpha value is -0.830. The van der Waals surface area contributed by atoms with Gasteiger partial charge in [0.2, 0.25) is 0 Å². The maximum atomic E-state index is 4.74. The monoisotopic (exact) mass is 249 g/mol. The SMILES string of the molecule is CCc1cc(CC)n(CC(NC)C2CCCC2)n1. The minimum atomic E-state index is 0.586. The summed E-state index contributed by atoms with van der Waals surface area (Å²) in [5, 5.41) is 8.25. The van der Waals surface area contributed by atoms with Gasteiger partial charge in [0.15, 0.2) is 0 Å². The molecule has 0 bridgehead atoms. The van der Waals surface area contributed by atoms with Crippen molar-refractivity contribution in [2.45, 2.75) is 65.0 Å². The van der Waals surface area contributed by atoms with Gasteiger partial charge in [-0.15, -0.1) is 0 Å². The van der Waals surface area contributed by atoms with Crippen LogP contribution in [0.4, 0.5) is 0 Å². The quantitative estimate of drug-likeness (QED) is 0.840. The lowest BCUT2D eigenvalue weighted by Gasteiger charge is -2.23. The second kappa shape index (κ2) is 6.37. The fourth-order valence-electron chi connectivity index (χ4n) is 3.15. The van der Waals surface area contributed by atoms with Gasteiger partial charge < -0.3 is 5.32 Å². The Labute approximate surface area is 111 Å². The van der Waals surface area contributed by atoms with Crippen molar-refractivity contribution < 1.29 is 0 Å². The summed E-state index contributed by atoms with van der Waals surface area (Å²) in [7, 11) is 2.10. The van der Waals surface area contributed by atoms with Crippen LogP contribution in [0.15, 0.2) is 6.07 Å². The van der Waals surface area contributed by atoms with E-state index in [1.54, 1.807) is 0 Å². The minimum absolute atomic E-state index is 0.586. The molecule has 1 fully saturated rings. The van der Waals surface area contributed by atoms with E-state index in [-0.39, 0.29) is 0 Å². The lowest BCUT2D eigenvalue weighted by molar-refractivity contribution is 0.324. The van der Waals surface area contributed by atoms with Crippen LogP contribution in [0.3, 0.4) is 0 Å². The number of likely N-dealkylation sites (N-methyl/N-ethyl adjacent to an activating group) is 1. The fourth-order valence-corrected chi connectivity index (χ4v) is 3.15. The molecule has 2 rings (SSSR count). The molecule has 1 unspecified atom stereocenters. The van der Waals surface area contributed by atoms with Gasteiger partial charge >= 0.3 is 0 Å². The second-order valence-electron chi connectivity index (χ2n) is 5.46. The highest BCUT2D eigenvalue weighted by Gasteiger charge is 2.24. The van der Waals surface area contributed by atoms with Gasteiger partial charge in [-0.05, 0) is 44.7 Å². The van der Waals surface area contributed by atoms with Gasteiger partial charge in [0.05, 0.1) is 12.2 Å². The Bertz CT molecular complexity index is 364. The van der Waals surface area contributed by atoms with Gasteiger partial charge in [0.25, 0.3) is 0 Å². The summed E-state index contributed by atoms with van der Waals surface area (Å²) in [6.07, 6.45) is 7.69. The summed E-state index contributed by atoms with van der Waals surface area (Å²) in [5.41, 5.74) is 2.61. The van der Waals surface area contributed by atoms with Gasteiger partial charge in [0, 0.05) is 11.7 Å². The Balaban J connectivity index is 2.07. The average molecular weight is 249 g/mol. The minimum Gasteiger partial charge on any atom is -0.315 e. The largest absolute Gasteiger partial charge is 0.315 e. The molecule has 1 heterocycles. The van der Waals surface area contributed by atoms with Crippen LogP contribution in [0.1, 0.15) is 50.9 Å². The third-order valence-corrected chi connectivity index (χ3v) is 4.35. The van der Waals surface area contributed by atoms with Gasteiger partial charge in [-0.3, -0.25) is 4.68 Å². The molecule has 0 aliphatic heterocycles. The molecule has 1 aliphatic rings. The number of nitrogens with one attached hydrogen (secondary N) is 1. The van der Waals surface area contributed by atoms with Crippen molar-refractivity contribution in [3.05, 3.63) is 17.5 Å². The van der Waals surface area contributed by atoms with Gasteiger partial charge in [-0.1, -0.05) is 26.7 Å². The van der Waals surface area contributed by atoms with Crippen LogP contribution < -0.4 is 5.32 Å². The van der Waals surface area contributed by atoms with E-state index < -0.39 is 0 Å². The Kier molecular flexibility index (Phi) is 4.81. The van der Waals surface area contributed by atoms with Crippen LogP contribution in [-0.4, -0.2) is 22.9 Å². The number of aromatic nitrogens is 2. The fraction of sp³-hybridized carbons (Fsp3) is 0.800. The van der Waals surface area contributed by atoms with Crippen molar-refractivity contribution in [3.63, 3.8) is 0 Å². The maximum absolute atomic E-state index is 4.74. The number of hydrogen-bond acceptors (Lipinski definition) is 2. The van der Waals surface area contributed by atoms with Crippen molar-refractivity contribution in [1.82, 2.24) is 15.1 Å². The van der Waals surface area contributed by atoms with Crippen LogP contribution in [0, 0.1) is 5.92 Å². The molecule has 1 saturated carbocycles. The maximum Gasteiger partial charge on any atom is 0.0624 e. The highest BCUT2D eigenvalue weighted by Crippen LogP contribution is 2.28. The first-order chi connectivity index (χ1) is 8.78. The van der Waals surface area contributed by atoms with Crippen LogP contribution >= 0.6 is 0 Å². The molecule has 18 heavy (non-hydrogen) atoms. The number of aryl methyl sites for hydroxylation is 2. The third-order valence-electron chi connectivity index (χ3n) is 4.35. The summed E-state index contributed by atoms with van der Waals surface area (Å²) >= 11 is 0. The van der Waals surface area contributed by atoms with Gasteiger partial charge in [0.1, 0.15) is 0 Å². The smallest absolute Gasteiger partial charge is 0.0624 e. The zero-order valence-electron chi connectivity index (χ0n) is 12.1. The number of rotatable bonds is 6. The standard InChI is InChI=1S/C15H27N3/c1-4-13-10-14(5-2)18(17-13)11-15(16-3)12-8-6-7-9-12/h10,12,15-16H,4-9,11H2,1-3H3. The molecule has 3 heteroatoms. The first-order valence-electron chi connectivity index (χ1n) is 7.51. The number of hydrogen-bond donors (Lipinski definition) is 1. The molecule has 0 aromatic carbocycles. The molecule has 1 aromatic rings. The predicted molar refractivity (Wildman–Crippen MR) is 75.8 cm³/mol. The highest BCUT2D eigenvalue weighted by atomic mass is 15.3. The van der Waals surface area contributed by atoms with Crippen molar-refractivity contribution in [2.75, 3.05) is 7.05 Å². The zero-order chi connectivity index (χ0) is 13.0. The van der Waals surface area contributed by atoms with E-state index in [2.05, 4.69) is 37.0 Å². The summed E-state index contributed by atoms with van der Waals surface area (Å²) < 4.78 is 2.23. The molecule has 1 N–H and O–H groups in total. The second-order valence-corrected chi connectivity index (χ2v) is 5.46. The normalized spacial score (nSPS) is 18.4. The number of nitrogens with zero attached hydrogens (tertiary/aromatic N) is 2. The molecular weight excluding hydrogens is 222 g/mol. The molecule has 0 saturated heterocycles. The van der Waals surface area contributed by atoms with Crippen molar-refractivity contribution >= 4 is 0 Å². The van der Waals surface area contributed by atoms with E-state index in [0.29, 0.717) is 6.04 Å². The average Bonchev–Trinajstić information content (AvgIpc) is 3.04. The Morgan fingerprint density at radius 1 is 1.33 bits per heavy atom. The Morgan fingerprint density at radius 2 is 2.06 bits per heavy atom. The first kappa shape index (κ1) is 13.6. The third kappa shape index (κ3) is 2.94. The van der Waals surface area contributed by atoms with E-state index in [4.69, 9.17) is 5.10 Å².